The molecule has 3 aromatic rings. The minimum atomic E-state index is -0.395. The van der Waals surface area contributed by atoms with Crippen LogP contribution in [0.25, 0.3) is 10.7 Å². The number of aromatic nitrogens is 3. The molecule has 0 bridgehead atoms. The number of nitrogens with one attached hydrogen (secondary N) is 1. The number of hydrogen-bond acceptors (Lipinski definition) is 6. The maximum Gasteiger partial charge on any atom is 0.248 e. The standard InChI is InChI=1S/C17H17N5OS/c1-22(2)14(12-8-4-3-5-9-12)15(23)19-17-21-20-16(24-17)13-10-6-7-11-18-13/h3-11,14H,1-2H3,(H,19,21,23)/t14-/m1/s1. The largest absolute Gasteiger partial charge is 0.299 e. The van der Waals surface area contributed by atoms with Gasteiger partial charge in [0.2, 0.25) is 11.0 Å². The van der Waals surface area contributed by atoms with E-state index in [1.807, 2.05) is 67.5 Å². The van der Waals surface area contributed by atoms with E-state index in [9.17, 15) is 4.79 Å². The number of rotatable bonds is 5. The molecule has 0 aliphatic heterocycles. The summed E-state index contributed by atoms with van der Waals surface area (Å²) in [7, 11) is 3.74. The Morgan fingerprint density at radius 2 is 1.83 bits per heavy atom. The first kappa shape index (κ1) is 16.2. The molecule has 0 saturated carbocycles. The van der Waals surface area contributed by atoms with Crippen LogP contribution in [0.5, 0.6) is 0 Å². The van der Waals surface area contributed by atoms with Gasteiger partial charge >= 0.3 is 0 Å². The first-order valence-corrected chi connectivity index (χ1v) is 8.24. The van der Waals surface area contributed by atoms with Gasteiger partial charge in [-0.3, -0.25) is 20.0 Å². The second-order valence-electron chi connectivity index (χ2n) is 5.39. The molecule has 6 nitrogen and oxygen atoms in total. The predicted molar refractivity (Wildman–Crippen MR) is 94.6 cm³/mol. The fourth-order valence-electron chi connectivity index (χ4n) is 2.36. The lowest BCUT2D eigenvalue weighted by molar-refractivity contribution is -0.120. The lowest BCUT2D eigenvalue weighted by atomic mass is 10.1. The van der Waals surface area contributed by atoms with Gasteiger partial charge in [-0.1, -0.05) is 47.7 Å². The highest BCUT2D eigenvalue weighted by molar-refractivity contribution is 7.18. The van der Waals surface area contributed by atoms with Gasteiger partial charge in [0.1, 0.15) is 11.7 Å². The zero-order valence-corrected chi connectivity index (χ0v) is 14.2. The third-order valence-electron chi connectivity index (χ3n) is 3.42. The fourth-order valence-corrected chi connectivity index (χ4v) is 3.08. The number of benzene rings is 1. The number of carbonyl (C=O) groups excluding carboxylic acids is 1. The van der Waals surface area contributed by atoms with Gasteiger partial charge in [-0.2, -0.15) is 0 Å². The van der Waals surface area contributed by atoms with E-state index in [0.29, 0.717) is 10.1 Å². The third kappa shape index (κ3) is 3.64. The number of hydrogen-bond donors (Lipinski definition) is 1. The molecule has 7 heteroatoms. The number of amides is 1. The molecule has 2 heterocycles. The Hall–Kier alpha value is -2.64. The third-order valence-corrected chi connectivity index (χ3v) is 4.28. The average molecular weight is 339 g/mol. The lowest BCUT2D eigenvalue weighted by Crippen LogP contribution is -2.32. The summed E-state index contributed by atoms with van der Waals surface area (Å²) in [6.45, 7) is 0. The van der Waals surface area contributed by atoms with Crippen molar-refractivity contribution in [1.82, 2.24) is 20.1 Å². The van der Waals surface area contributed by atoms with Gasteiger partial charge in [-0.05, 0) is 31.8 Å². The summed E-state index contributed by atoms with van der Waals surface area (Å²) in [6.07, 6.45) is 1.70. The van der Waals surface area contributed by atoms with Gasteiger partial charge in [-0.25, -0.2) is 0 Å². The molecular weight excluding hydrogens is 322 g/mol. The van der Waals surface area contributed by atoms with Crippen molar-refractivity contribution in [3.63, 3.8) is 0 Å². The van der Waals surface area contributed by atoms with Gasteiger partial charge in [0.15, 0.2) is 5.01 Å². The van der Waals surface area contributed by atoms with Crippen molar-refractivity contribution in [3.05, 3.63) is 60.3 Å². The number of anilines is 1. The van der Waals surface area contributed by atoms with Gasteiger partial charge in [0.25, 0.3) is 0 Å². The van der Waals surface area contributed by atoms with Crippen LogP contribution in [0, 0.1) is 0 Å². The van der Waals surface area contributed by atoms with E-state index in [2.05, 4.69) is 20.5 Å². The fraction of sp³-hybridized carbons (Fsp3) is 0.176. The van der Waals surface area contributed by atoms with Crippen LogP contribution in [0.3, 0.4) is 0 Å². The SMILES string of the molecule is CN(C)[C@@H](C(=O)Nc1nnc(-c2ccccn2)s1)c1ccccc1. The minimum Gasteiger partial charge on any atom is -0.299 e. The summed E-state index contributed by atoms with van der Waals surface area (Å²) in [6, 6.07) is 14.8. The van der Waals surface area contributed by atoms with Crippen molar-refractivity contribution in [2.45, 2.75) is 6.04 Å². The molecule has 122 valence electrons. The van der Waals surface area contributed by atoms with E-state index >= 15 is 0 Å². The summed E-state index contributed by atoms with van der Waals surface area (Å²) < 4.78 is 0. The van der Waals surface area contributed by atoms with Crippen molar-refractivity contribution in [3.8, 4) is 10.7 Å². The van der Waals surface area contributed by atoms with Gasteiger partial charge < -0.3 is 0 Å². The van der Waals surface area contributed by atoms with Crippen LogP contribution in [-0.4, -0.2) is 40.1 Å². The highest BCUT2D eigenvalue weighted by Gasteiger charge is 2.24. The summed E-state index contributed by atoms with van der Waals surface area (Å²) >= 11 is 1.30. The average Bonchev–Trinajstić information content (AvgIpc) is 3.05. The summed E-state index contributed by atoms with van der Waals surface area (Å²) in [5.74, 6) is -0.144. The first-order chi connectivity index (χ1) is 11.6. The number of nitrogens with zero attached hydrogens (tertiary/aromatic N) is 4. The molecule has 3 rings (SSSR count). The minimum absolute atomic E-state index is 0.144. The van der Waals surface area contributed by atoms with Crippen molar-refractivity contribution in [1.29, 1.82) is 0 Å². The topological polar surface area (TPSA) is 71.0 Å². The molecule has 0 fully saturated rings. The van der Waals surface area contributed by atoms with Crippen LogP contribution in [0.4, 0.5) is 5.13 Å². The number of carbonyl (C=O) groups is 1. The molecule has 0 aliphatic carbocycles. The second kappa shape index (κ2) is 7.29. The Morgan fingerprint density at radius 1 is 1.08 bits per heavy atom. The first-order valence-electron chi connectivity index (χ1n) is 7.42. The molecule has 0 unspecified atom stereocenters. The van der Waals surface area contributed by atoms with Crippen LogP contribution in [0.15, 0.2) is 54.7 Å². The molecule has 24 heavy (non-hydrogen) atoms. The van der Waals surface area contributed by atoms with Crippen LogP contribution >= 0.6 is 11.3 Å². The summed E-state index contributed by atoms with van der Waals surface area (Å²) in [5, 5.41) is 12.1. The van der Waals surface area contributed by atoms with Gasteiger partial charge in [0, 0.05) is 6.20 Å². The Balaban J connectivity index is 1.78. The van der Waals surface area contributed by atoms with E-state index in [4.69, 9.17) is 0 Å². The summed E-state index contributed by atoms with van der Waals surface area (Å²) in [5.41, 5.74) is 1.66. The Labute approximate surface area is 144 Å². The predicted octanol–water partition coefficient (Wildman–Crippen LogP) is 2.84. The highest BCUT2D eigenvalue weighted by atomic mass is 32.1. The van der Waals surface area contributed by atoms with Crippen molar-refractivity contribution in [2.24, 2.45) is 0 Å². The molecule has 0 aliphatic rings. The number of likely N-dealkylation sites (N-methyl/N-ethyl adjacent to an activating group) is 1. The molecule has 1 atom stereocenters. The molecule has 1 N–H and O–H groups in total. The molecule has 0 spiro atoms. The van der Waals surface area contributed by atoms with Crippen molar-refractivity contribution >= 4 is 22.4 Å². The maximum atomic E-state index is 12.7. The van der Waals surface area contributed by atoms with E-state index in [0.717, 1.165) is 11.3 Å². The number of pyridine rings is 1. The lowest BCUT2D eigenvalue weighted by Gasteiger charge is -2.23. The monoisotopic (exact) mass is 339 g/mol. The Morgan fingerprint density at radius 3 is 2.50 bits per heavy atom. The van der Waals surface area contributed by atoms with Crippen molar-refractivity contribution in [2.75, 3.05) is 19.4 Å². The second-order valence-corrected chi connectivity index (χ2v) is 6.37. The van der Waals surface area contributed by atoms with Crippen LogP contribution in [0.1, 0.15) is 11.6 Å². The maximum absolute atomic E-state index is 12.7. The van der Waals surface area contributed by atoms with Gasteiger partial charge in [-0.15, -0.1) is 10.2 Å². The van der Waals surface area contributed by atoms with E-state index in [1.165, 1.54) is 11.3 Å². The smallest absolute Gasteiger partial charge is 0.248 e. The van der Waals surface area contributed by atoms with Crippen LogP contribution < -0.4 is 5.32 Å². The molecule has 1 aromatic carbocycles. The zero-order valence-electron chi connectivity index (χ0n) is 13.4. The van der Waals surface area contributed by atoms with E-state index in [1.54, 1.807) is 6.20 Å². The summed E-state index contributed by atoms with van der Waals surface area (Å²) in [4.78, 5) is 18.8. The normalized spacial score (nSPS) is 12.1. The molecule has 1 amide bonds. The molecule has 2 aromatic heterocycles. The Kier molecular flexibility index (Phi) is 4.93. The van der Waals surface area contributed by atoms with Gasteiger partial charge in [0.05, 0.1) is 0 Å². The molecular formula is C17H17N5OS. The zero-order chi connectivity index (χ0) is 16.9. The van der Waals surface area contributed by atoms with Crippen molar-refractivity contribution < 1.29 is 4.79 Å². The van der Waals surface area contributed by atoms with E-state index < -0.39 is 6.04 Å². The van der Waals surface area contributed by atoms with Crippen LogP contribution in [-0.2, 0) is 4.79 Å². The van der Waals surface area contributed by atoms with Crippen LogP contribution in [0.2, 0.25) is 0 Å². The molecule has 0 saturated heterocycles. The quantitative estimate of drug-likeness (QED) is 0.774. The Bertz CT molecular complexity index is 804. The van der Waals surface area contributed by atoms with E-state index in [-0.39, 0.29) is 5.91 Å². The molecule has 0 radical (unpaired) electrons. The highest BCUT2D eigenvalue weighted by Crippen LogP contribution is 2.26.